The summed E-state index contributed by atoms with van der Waals surface area (Å²) in [5.41, 5.74) is 8.02. The smallest absolute Gasteiger partial charge is 0.206 e. The largest absolute Gasteiger partial charge is 0.342 e. The van der Waals surface area contributed by atoms with Crippen molar-refractivity contribution in [3.8, 4) is 0 Å². The van der Waals surface area contributed by atoms with Crippen molar-refractivity contribution in [2.75, 3.05) is 24.5 Å². The molecule has 18 heavy (non-hydrogen) atoms. The average molecular weight is 244 g/mol. The summed E-state index contributed by atoms with van der Waals surface area (Å²) in [5.74, 6) is 1.10. The van der Waals surface area contributed by atoms with Crippen molar-refractivity contribution < 1.29 is 0 Å². The van der Waals surface area contributed by atoms with E-state index in [-0.39, 0.29) is 0 Å². The van der Waals surface area contributed by atoms with Gasteiger partial charge in [0.2, 0.25) is 5.95 Å². The molecule has 1 aliphatic heterocycles. The van der Waals surface area contributed by atoms with Gasteiger partial charge in [-0.25, -0.2) is 4.98 Å². The Balaban J connectivity index is 2.05. The maximum Gasteiger partial charge on any atom is 0.206 e. The Hall–Kier alpha value is -1.55. The number of aromatic nitrogens is 2. The number of fused-ring (bicyclic) bond motifs is 1. The van der Waals surface area contributed by atoms with E-state index in [9.17, 15) is 0 Å². The van der Waals surface area contributed by atoms with Crippen molar-refractivity contribution in [2.24, 2.45) is 5.73 Å². The van der Waals surface area contributed by atoms with E-state index < -0.39 is 0 Å². The van der Waals surface area contributed by atoms with Crippen LogP contribution in [0, 0.1) is 0 Å². The number of anilines is 1. The number of para-hydroxylation sites is 2. The van der Waals surface area contributed by atoms with Gasteiger partial charge < -0.3 is 15.2 Å². The molecule has 2 aromatic rings. The summed E-state index contributed by atoms with van der Waals surface area (Å²) in [6.45, 7) is 3.73. The third-order valence-electron chi connectivity index (χ3n) is 3.63. The van der Waals surface area contributed by atoms with Gasteiger partial charge in [0.15, 0.2) is 0 Å². The van der Waals surface area contributed by atoms with Crippen molar-refractivity contribution in [1.82, 2.24) is 9.55 Å². The molecule has 0 atom stereocenters. The summed E-state index contributed by atoms with van der Waals surface area (Å²) < 4.78 is 2.26. The average Bonchev–Trinajstić information content (AvgIpc) is 2.80. The number of benzene rings is 1. The van der Waals surface area contributed by atoms with Crippen LogP contribution in [0.2, 0.25) is 0 Å². The van der Waals surface area contributed by atoms with E-state index in [1.165, 1.54) is 24.8 Å². The number of hydrogen-bond donors (Lipinski definition) is 1. The highest BCUT2D eigenvalue weighted by Gasteiger charge is 2.18. The Morgan fingerprint density at radius 2 is 1.89 bits per heavy atom. The number of piperidine rings is 1. The Labute approximate surface area is 107 Å². The Morgan fingerprint density at radius 3 is 2.67 bits per heavy atom. The van der Waals surface area contributed by atoms with Crippen LogP contribution in [0.25, 0.3) is 11.0 Å². The highest BCUT2D eigenvalue weighted by atomic mass is 15.3. The van der Waals surface area contributed by atoms with Crippen LogP contribution >= 0.6 is 0 Å². The summed E-state index contributed by atoms with van der Waals surface area (Å²) in [6.07, 6.45) is 3.88. The summed E-state index contributed by atoms with van der Waals surface area (Å²) in [4.78, 5) is 7.19. The molecule has 0 amide bonds. The topological polar surface area (TPSA) is 47.1 Å². The highest BCUT2D eigenvalue weighted by molar-refractivity contribution is 5.78. The van der Waals surface area contributed by atoms with E-state index in [0.29, 0.717) is 6.54 Å². The number of imidazole rings is 1. The molecule has 0 unspecified atom stereocenters. The van der Waals surface area contributed by atoms with Crippen LogP contribution in [-0.4, -0.2) is 29.2 Å². The minimum atomic E-state index is 0.654. The van der Waals surface area contributed by atoms with Gasteiger partial charge in [0, 0.05) is 26.2 Å². The molecule has 2 heterocycles. The van der Waals surface area contributed by atoms with E-state index in [2.05, 4.69) is 27.7 Å². The van der Waals surface area contributed by atoms with Crippen LogP contribution in [0.15, 0.2) is 24.3 Å². The zero-order valence-electron chi connectivity index (χ0n) is 10.7. The van der Waals surface area contributed by atoms with E-state index in [4.69, 9.17) is 10.7 Å². The molecule has 96 valence electrons. The first-order valence-electron chi connectivity index (χ1n) is 6.80. The van der Waals surface area contributed by atoms with Crippen molar-refractivity contribution in [1.29, 1.82) is 0 Å². The maximum absolute atomic E-state index is 5.74. The highest BCUT2D eigenvalue weighted by Crippen LogP contribution is 2.24. The van der Waals surface area contributed by atoms with Crippen molar-refractivity contribution in [3.63, 3.8) is 0 Å². The zero-order chi connectivity index (χ0) is 12.4. The van der Waals surface area contributed by atoms with Gasteiger partial charge in [0.05, 0.1) is 11.0 Å². The van der Waals surface area contributed by atoms with Gasteiger partial charge in [-0.05, 0) is 31.4 Å². The van der Waals surface area contributed by atoms with Crippen molar-refractivity contribution in [3.05, 3.63) is 24.3 Å². The first kappa shape index (κ1) is 11.5. The molecule has 4 heteroatoms. The first-order valence-corrected chi connectivity index (χ1v) is 6.80. The molecule has 1 saturated heterocycles. The fourth-order valence-electron chi connectivity index (χ4n) is 2.75. The number of rotatable bonds is 3. The second kappa shape index (κ2) is 4.98. The number of nitrogens with zero attached hydrogens (tertiary/aromatic N) is 3. The van der Waals surface area contributed by atoms with Crippen LogP contribution in [0.3, 0.4) is 0 Å². The van der Waals surface area contributed by atoms with Gasteiger partial charge in [-0.15, -0.1) is 0 Å². The lowest BCUT2D eigenvalue weighted by Gasteiger charge is -2.28. The van der Waals surface area contributed by atoms with Crippen LogP contribution in [0.4, 0.5) is 5.95 Å². The standard InChI is InChI=1S/C14H20N4/c15-8-11-18-13-7-3-2-6-12(13)16-14(18)17-9-4-1-5-10-17/h2-3,6-7H,1,4-5,8-11,15H2. The third kappa shape index (κ3) is 1.97. The fourth-order valence-corrected chi connectivity index (χ4v) is 2.75. The molecule has 0 bridgehead atoms. The van der Waals surface area contributed by atoms with Crippen molar-refractivity contribution in [2.45, 2.75) is 25.8 Å². The summed E-state index contributed by atoms with van der Waals surface area (Å²) in [6, 6.07) is 8.32. The molecule has 1 aromatic heterocycles. The summed E-state index contributed by atoms with van der Waals surface area (Å²) in [7, 11) is 0. The van der Waals surface area contributed by atoms with Gasteiger partial charge in [0.25, 0.3) is 0 Å². The quantitative estimate of drug-likeness (QED) is 0.898. The number of nitrogens with two attached hydrogens (primary N) is 1. The predicted octanol–water partition coefficient (Wildman–Crippen LogP) is 1.99. The Morgan fingerprint density at radius 1 is 1.11 bits per heavy atom. The minimum Gasteiger partial charge on any atom is -0.342 e. The lowest BCUT2D eigenvalue weighted by atomic mass is 10.1. The SMILES string of the molecule is NCCn1c(N2CCCCC2)nc2ccccc21. The van der Waals surface area contributed by atoms with Gasteiger partial charge >= 0.3 is 0 Å². The second-order valence-electron chi connectivity index (χ2n) is 4.89. The summed E-state index contributed by atoms with van der Waals surface area (Å²) >= 11 is 0. The second-order valence-corrected chi connectivity index (χ2v) is 4.89. The van der Waals surface area contributed by atoms with Crippen LogP contribution in [0.5, 0.6) is 0 Å². The molecule has 1 aromatic carbocycles. The fraction of sp³-hybridized carbons (Fsp3) is 0.500. The third-order valence-corrected chi connectivity index (χ3v) is 3.63. The minimum absolute atomic E-state index is 0.654. The Kier molecular flexibility index (Phi) is 3.19. The van der Waals surface area contributed by atoms with Gasteiger partial charge in [-0.2, -0.15) is 0 Å². The van der Waals surface area contributed by atoms with E-state index in [0.717, 1.165) is 31.1 Å². The molecule has 4 nitrogen and oxygen atoms in total. The van der Waals surface area contributed by atoms with E-state index >= 15 is 0 Å². The number of hydrogen-bond acceptors (Lipinski definition) is 3. The van der Waals surface area contributed by atoms with E-state index in [1.807, 2.05) is 6.07 Å². The van der Waals surface area contributed by atoms with Gasteiger partial charge in [-0.3, -0.25) is 0 Å². The molecule has 0 aliphatic carbocycles. The molecule has 3 rings (SSSR count). The molecule has 0 spiro atoms. The van der Waals surface area contributed by atoms with E-state index in [1.54, 1.807) is 0 Å². The summed E-state index contributed by atoms with van der Waals surface area (Å²) in [5, 5.41) is 0. The maximum atomic E-state index is 5.74. The molecular formula is C14H20N4. The molecular weight excluding hydrogens is 224 g/mol. The molecule has 1 aliphatic rings. The zero-order valence-corrected chi connectivity index (χ0v) is 10.7. The molecule has 1 fully saturated rings. The predicted molar refractivity (Wildman–Crippen MR) is 74.9 cm³/mol. The molecule has 0 radical (unpaired) electrons. The van der Waals surface area contributed by atoms with Crippen LogP contribution in [-0.2, 0) is 6.54 Å². The molecule has 2 N–H and O–H groups in total. The lowest BCUT2D eigenvalue weighted by molar-refractivity contribution is 0.556. The van der Waals surface area contributed by atoms with Gasteiger partial charge in [0.1, 0.15) is 0 Å². The first-order chi connectivity index (χ1) is 8.90. The van der Waals surface area contributed by atoms with Crippen molar-refractivity contribution >= 4 is 17.0 Å². The van der Waals surface area contributed by atoms with Gasteiger partial charge in [-0.1, -0.05) is 12.1 Å². The Bertz CT molecular complexity index is 526. The normalized spacial score (nSPS) is 16.4. The molecule has 0 saturated carbocycles. The lowest BCUT2D eigenvalue weighted by Crippen LogP contribution is -2.32. The van der Waals surface area contributed by atoms with Crippen LogP contribution < -0.4 is 10.6 Å². The monoisotopic (exact) mass is 244 g/mol. The van der Waals surface area contributed by atoms with Crippen LogP contribution in [0.1, 0.15) is 19.3 Å².